The van der Waals surface area contributed by atoms with Gasteiger partial charge in [0.25, 0.3) is 0 Å². The molecule has 1 atom stereocenters. The lowest BCUT2D eigenvalue weighted by Crippen LogP contribution is -2.40. The van der Waals surface area contributed by atoms with Gasteiger partial charge < -0.3 is 5.11 Å². The van der Waals surface area contributed by atoms with E-state index in [1.54, 1.807) is 6.07 Å². The number of nitriles is 1. The van der Waals surface area contributed by atoms with Gasteiger partial charge in [-0.25, -0.2) is 8.42 Å². The van der Waals surface area contributed by atoms with Crippen molar-refractivity contribution in [3.63, 3.8) is 0 Å². The summed E-state index contributed by atoms with van der Waals surface area (Å²) in [5.74, 6) is -1.29. The minimum atomic E-state index is -4.10. The minimum Gasteiger partial charge on any atom is -0.480 e. The number of halogens is 1. The number of carbonyl (C=O) groups is 1. The van der Waals surface area contributed by atoms with Crippen LogP contribution in [0.1, 0.15) is 12.5 Å². The molecule has 1 aromatic rings. The van der Waals surface area contributed by atoms with E-state index in [2.05, 4.69) is 0 Å². The third-order valence-electron chi connectivity index (χ3n) is 2.62. The lowest BCUT2D eigenvalue weighted by Gasteiger charge is -2.21. The van der Waals surface area contributed by atoms with Gasteiger partial charge in [-0.1, -0.05) is 11.6 Å². The Morgan fingerprint density at radius 1 is 1.53 bits per heavy atom. The van der Waals surface area contributed by atoms with Crippen LogP contribution in [0.15, 0.2) is 23.1 Å². The molecule has 0 heterocycles. The number of hydrogen-bond donors (Lipinski definition) is 1. The maximum atomic E-state index is 12.3. The molecule has 1 aromatic carbocycles. The third kappa shape index (κ3) is 3.04. The zero-order valence-corrected chi connectivity index (χ0v) is 11.7. The molecule has 0 amide bonds. The zero-order chi connectivity index (χ0) is 14.8. The number of carboxylic acids is 1. The Kier molecular flexibility index (Phi) is 4.52. The molecule has 0 saturated heterocycles. The smallest absolute Gasteiger partial charge is 0.321 e. The Morgan fingerprint density at radius 3 is 2.58 bits per heavy atom. The van der Waals surface area contributed by atoms with E-state index in [9.17, 15) is 13.2 Å². The molecule has 0 aliphatic heterocycles. The van der Waals surface area contributed by atoms with E-state index in [1.165, 1.54) is 19.1 Å². The Hall–Kier alpha value is -1.62. The molecule has 0 aromatic heterocycles. The van der Waals surface area contributed by atoms with Crippen molar-refractivity contribution in [1.29, 1.82) is 5.26 Å². The second-order valence-electron chi connectivity index (χ2n) is 3.79. The predicted octanol–water partition coefficient (Wildman–Crippen LogP) is 1.31. The molecule has 1 unspecified atom stereocenters. The third-order valence-corrected chi connectivity index (χ3v) is 4.83. The van der Waals surface area contributed by atoms with Gasteiger partial charge in [0.15, 0.2) is 0 Å². The molecule has 8 heteroatoms. The first-order valence-corrected chi connectivity index (χ1v) is 6.94. The van der Waals surface area contributed by atoms with Crippen LogP contribution in [-0.4, -0.2) is 36.9 Å². The van der Waals surface area contributed by atoms with Crippen LogP contribution in [0.5, 0.6) is 0 Å². The Morgan fingerprint density at radius 2 is 2.11 bits per heavy atom. The number of rotatable bonds is 4. The Balaban J connectivity index is 3.40. The van der Waals surface area contributed by atoms with Crippen LogP contribution in [0, 0.1) is 11.3 Å². The van der Waals surface area contributed by atoms with Gasteiger partial charge in [-0.05, 0) is 25.1 Å². The highest BCUT2D eigenvalue weighted by molar-refractivity contribution is 7.89. The highest BCUT2D eigenvalue weighted by Crippen LogP contribution is 2.24. The number of likely N-dealkylation sites (N-methyl/N-ethyl adjacent to an activating group) is 1. The number of benzene rings is 1. The zero-order valence-electron chi connectivity index (χ0n) is 10.2. The minimum absolute atomic E-state index is 0.0890. The standard InChI is InChI=1S/C11H11ClN2O4S/c1-7(11(15)16)14(2)19(17,18)10-5-9(12)4-3-8(10)6-13/h3-5,7H,1-2H3,(H,15,16). The molecular formula is C11H11ClN2O4S. The van der Waals surface area contributed by atoms with Crippen molar-refractivity contribution in [2.75, 3.05) is 7.05 Å². The van der Waals surface area contributed by atoms with E-state index in [0.29, 0.717) is 4.31 Å². The molecule has 0 aliphatic rings. The lowest BCUT2D eigenvalue weighted by molar-refractivity contribution is -0.140. The number of hydrogen-bond acceptors (Lipinski definition) is 4. The summed E-state index contributed by atoms with van der Waals surface area (Å²) in [6.45, 7) is 1.23. The maximum Gasteiger partial charge on any atom is 0.321 e. The van der Waals surface area contributed by atoms with E-state index >= 15 is 0 Å². The largest absolute Gasteiger partial charge is 0.480 e. The fourth-order valence-corrected chi connectivity index (χ4v) is 3.04. The molecular weight excluding hydrogens is 292 g/mol. The van der Waals surface area contributed by atoms with Crippen molar-refractivity contribution < 1.29 is 18.3 Å². The van der Waals surface area contributed by atoms with Crippen LogP contribution < -0.4 is 0 Å². The van der Waals surface area contributed by atoms with E-state index in [4.69, 9.17) is 22.0 Å². The molecule has 0 spiro atoms. The van der Waals surface area contributed by atoms with Crippen molar-refractivity contribution in [3.05, 3.63) is 28.8 Å². The van der Waals surface area contributed by atoms with Crippen molar-refractivity contribution in [1.82, 2.24) is 4.31 Å². The van der Waals surface area contributed by atoms with Gasteiger partial charge >= 0.3 is 5.97 Å². The van der Waals surface area contributed by atoms with Gasteiger partial charge in [0.2, 0.25) is 10.0 Å². The number of aliphatic carboxylic acids is 1. The topological polar surface area (TPSA) is 98.5 Å². The van der Waals surface area contributed by atoms with Gasteiger partial charge in [-0.15, -0.1) is 0 Å². The summed E-state index contributed by atoms with van der Waals surface area (Å²) in [5, 5.41) is 17.9. The first-order chi connectivity index (χ1) is 8.71. The summed E-state index contributed by atoms with van der Waals surface area (Å²) in [5.41, 5.74) is -0.0890. The Labute approximate surface area is 115 Å². The highest BCUT2D eigenvalue weighted by atomic mass is 35.5. The van der Waals surface area contributed by atoms with Crippen LogP contribution >= 0.6 is 11.6 Å². The summed E-state index contributed by atoms with van der Waals surface area (Å²) >= 11 is 5.72. The summed E-state index contributed by atoms with van der Waals surface area (Å²) in [6.07, 6.45) is 0. The average molecular weight is 303 g/mol. The SMILES string of the molecule is CC(C(=O)O)N(C)S(=O)(=O)c1cc(Cl)ccc1C#N. The predicted molar refractivity (Wildman–Crippen MR) is 68.2 cm³/mol. The normalized spacial score (nSPS) is 13.0. The molecule has 1 N–H and O–H groups in total. The molecule has 19 heavy (non-hydrogen) atoms. The van der Waals surface area contributed by atoms with Crippen LogP contribution in [0.3, 0.4) is 0 Å². The fraction of sp³-hybridized carbons (Fsp3) is 0.273. The number of sulfonamides is 1. The van der Waals surface area contributed by atoms with Crippen LogP contribution in [0.2, 0.25) is 5.02 Å². The maximum absolute atomic E-state index is 12.3. The summed E-state index contributed by atoms with van der Waals surface area (Å²) < 4.78 is 25.2. The fourth-order valence-electron chi connectivity index (χ4n) is 1.32. The summed E-state index contributed by atoms with van der Waals surface area (Å²) in [4.78, 5) is 10.5. The molecule has 6 nitrogen and oxygen atoms in total. The highest BCUT2D eigenvalue weighted by Gasteiger charge is 2.31. The van der Waals surface area contributed by atoms with Gasteiger partial charge in [-0.2, -0.15) is 9.57 Å². The molecule has 0 bridgehead atoms. The molecule has 1 rings (SSSR count). The van der Waals surface area contributed by atoms with Gasteiger partial charge in [0, 0.05) is 12.1 Å². The number of carboxylic acid groups (broad SMARTS) is 1. The van der Waals surface area contributed by atoms with Crippen LogP contribution in [0.25, 0.3) is 0 Å². The molecule has 0 radical (unpaired) electrons. The molecule has 102 valence electrons. The summed E-state index contributed by atoms with van der Waals surface area (Å²) in [6, 6.07) is 4.27. The van der Waals surface area contributed by atoms with E-state index < -0.39 is 22.0 Å². The summed E-state index contributed by atoms with van der Waals surface area (Å²) in [7, 11) is -2.97. The first-order valence-electron chi connectivity index (χ1n) is 5.12. The average Bonchev–Trinajstić information content (AvgIpc) is 2.36. The molecule has 0 aliphatic carbocycles. The second-order valence-corrected chi connectivity index (χ2v) is 6.19. The number of nitrogens with zero attached hydrogens (tertiary/aromatic N) is 2. The van der Waals surface area contributed by atoms with E-state index in [0.717, 1.165) is 13.1 Å². The van der Waals surface area contributed by atoms with Crippen molar-refractivity contribution in [3.8, 4) is 6.07 Å². The van der Waals surface area contributed by atoms with Gasteiger partial charge in [0.05, 0.1) is 5.56 Å². The van der Waals surface area contributed by atoms with Crippen LogP contribution in [-0.2, 0) is 14.8 Å². The lowest BCUT2D eigenvalue weighted by atomic mass is 10.2. The molecule has 0 fully saturated rings. The van der Waals surface area contributed by atoms with Gasteiger partial charge in [-0.3, -0.25) is 4.79 Å². The van der Waals surface area contributed by atoms with Crippen molar-refractivity contribution >= 4 is 27.6 Å². The van der Waals surface area contributed by atoms with Crippen LogP contribution in [0.4, 0.5) is 0 Å². The van der Waals surface area contributed by atoms with Crippen molar-refractivity contribution in [2.24, 2.45) is 0 Å². The van der Waals surface area contributed by atoms with Crippen molar-refractivity contribution in [2.45, 2.75) is 17.9 Å². The Bertz CT molecular complexity index is 651. The van der Waals surface area contributed by atoms with E-state index in [-0.39, 0.29) is 15.5 Å². The second kappa shape index (κ2) is 5.57. The first kappa shape index (κ1) is 15.4. The quantitative estimate of drug-likeness (QED) is 0.904. The molecule has 0 saturated carbocycles. The van der Waals surface area contributed by atoms with Gasteiger partial charge in [0.1, 0.15) is 17.0 Å². The monoisotopic (exact) mass is 302 g/mol. The van der Waals surface area contributed by atoms with E-state index in [1.807, 2.05) is 0 Å².